The molecule has 0 fully saturated rings. The van der Waals surface area contributed by atoms with Crippen molar-refractivity contribution in [3.05, 3.63) is 23.5 Å². The normalized spacial score (nSPS) is 9.50. The highest BCUT2D eigenvalue weighted by Gasteiger charge is 2.16. The number of nitrogens with zero attached hydrogens (tertiary/aromatic N) is 2. The number of aromatic nitrogens is 1. The lowest BCUT2D eigenvalue weighted by atomic mass is 10.2. The standard InChI is InChI=1S/C10H11N3O3/c1-2-7-5-8(9(14)12-4-3-11)13(6-7)10(15)16/h5-6H,2,4H2,1H3,(H,12,14)(H,15,16). The highest BCUT2D eigenvalue weighted by molar-refractivity contribution is 5.96. The molecule has 0 atom stereocenters. The summed E-state index contributed by atoms with van der Waals surface area (Å²) in [4.78, 5) is 22.4. The Balaban J connectivity index is 3.02. The van der Waals surface area contributed by atoms with Crippen molar-refractivity contribution in [2.75, 3.05) is 6.54 Å². The van der Waals surface area contributed by atoms with Gasteiger partial charge in [0.05, 0.1) is 6.07 Å². The molecule has 0 saturated carbocycles. The molecule has 1 rings (SSSR count). The van der Waals surface area contributed by atoms with E-state index >= 15 is 0 Å². The van der Waals surface area contributed by atoms with Crippen LogP contribution < -0.4 is 5.32 Å². The van der Waals surface area contributed by atoms with Crippen LogP contribution in [-0.2, 0) is 6.42 Å². The van der Waals surface area contributed by atoms with Gasteiger partial charge in [0.1, 0.15) is 12.2 Å². The molecule has 16 heavy (non-hydrogen) atoms. The summed E-state index contributed by atoms with van der Waals surface area (Å²) in [6.07, 6.45) is 0.810. The van der Waals surface area contributed by atoms with Crippen LogP contribution in [0.5, 0.6) is 0 Å². The monoisotopic (exact) mass is 221 g/mol. The zero-order valence-corrected chi connectivity index (χ0v) is 8.73. The number of rotatable bonds is 3. The first-order valence-electron chi connectivity index (χ1n) is 4.69. The number of nitriles is 1. The van der Waals surface area contributed by atoms with E-state index in [1.54, 1.807) is 6.07 Å². The van der Waals surface area contributed by atoms with E-state index in [-0.39, 0.29) is 12.2 Å². The van der Waals surface area contributed by atoms with Crippen LogP contribution in [0.15, 0.2) is 12.3 Å². The molecular weight excluding hydrogens is 210 g/mol. The number of hydrogen-bond acceptors (Lipinski definition) is 3. The summed E-state index contributed by atoms with van der Waals surface area (Å²) in [5.41, 5.74) is 0.782. The molecule has 0 aromatic carbocycles. The molecule has 84 valence electrons. The number of aryl methyl sites for hydroxylation is 1. The third-order valence-electron chi connectivity index (χ3n) is 2.05. The van der Waals surface area contributed by atoms with Crippen molar-refractivity contribution in [1.29, 1.82) is 5.26 Å². The minimum atomic E-state index is -1.22. The minimum absolute atomic E-state index is 0.0274. The van der Waals surface area contributed by atoms with E-state index in [1.165, 1.54) is 12.3 Å². The maximum absolute atomic E-state index is 11.5. The van der Waals surface area contributed by atoms with Gasteiger partial charge in [0, 0.05) is 6.20 Å². The van der Waals surface area contributed by atoms with Crippen LogP contribution in [0.1, 0.15) is 23.0 Å². The Bertz CT molecular complexity index is 456. The molecule has 0 saturated heterocycles. The second-order valence-corrected chi connectivity index (χ2v) is 3.08. The zero-order chi connectivity index (χ0) is 12.1. The van der Waals surface area contributed by atoms with Crippen LogP contribution in [0.3, 0.4) is 0 Å². The fraction of sp³-hybridized carbons (Fsp3) is 0.300. The van der Waals surface area contributed by atoms with Gasteiger partial charge < -0.3 is 10.4 Å². The van der Waals surface area contributed by atoms with Gasteiger partial charge in [0.2, 0.25) is 0 Å². The van der Waals surface area contributed by atoms with Crippen molar-refractivity contribution in [1.82, 2.24) is 9.88 Å². The molecule has 0 aliphatic carbocycles. The largest absolute Gasteiger partial charge is 0.464 e. The number of carbonyl (C=O) groups excluding carboxylic acids is 1. The van der Waals surface area contributed by atoms with E-state index in [0.29, 0.717) is 6.42 Å². The molecule has 1 aromatic rings. The van der Waals surface area contributed by atoms with Gasteiger partial charge in [0.15, 0.2) is 0 Å². The topological polar surface area (TPSA) is 95.1 Å². The molecule has 6 heteroatoms. The molecule has 1 aromatic heterocycles. The fourth-order valence-electron chi connectivity index (χ4n) is 1.25. The molecule has 0 spiro atoms. The molecule has 0 aliphatic heterocycles. The number of amides is 1. The number of hydrogen-bond donors (Lipinski definition) is 2. The first kappa shape index (κ1) is 11.8. The number of carboxylic acid groups (broad SMARTS) is 1. The van der Waals surface area contributed by atoms with Crippen molar-refractivity contribution < 1.29 is 14.7 Å². The average molecular weight is 221 g/mol. The molecule has 6 nitrogen and oxygen atoms in total. The van der Waals surface area contributed by atoms with E-state index in [9.17, 15) is 9.59 Å². The average Bonchev–Trinajstić information content (AvgIpc) is 2.70. The smallest absolute Gasteiger partial charge is 0.416 e. The highest BCUT2D eigenvalue weighted by Crippen LogP contribution is 2.09. The van der Waals surface area contributed by atoms with Gasteiger partial charge in [-0.1, -0.05) is 6.92 Å². The highest BCUT2D eigenvalue weighted by atomic mass is 16.4. The molecule has 0 aliphatic rings. The first-order valence-corrected chi connectivity index (χ1v) is 4.69. The first-order chi connectivity index (χ1) is 7.60. The summed E-state index contributed by atoms with van der Waals surface area (Å²) >= 11 is 0. The lowest BCUT2D eigenvalue weighted by Crippen LogP contribution is -2.27. The Morgan fingerprint density at radius 1 is 1.62 bits per heavy atom. The van der Waals surface area contributed by atoms with Crippen molar-refractivity contribution in [2.24, 2.45) is 0 Å². The van der Waals surface area contributed by atoms with Gasteiger partial charge in [-0.15, -0.1) is 0 Å². The summed E-state index contributed by atoms with van der Waals surface area (Å²) in [7, 11) is 0. The Kier molecular flexibility index (Phi) is 3.67. The van der Waals surface area contributed by atoms with Crippen molar-refractivity contribution in [3.8, 4) is 6.07 Å². The zero-order valence-electron chi connectivity index (χ0n) is 8.73. The van der Waals surface area contributed by atoms with Gasteiger partial charge in [-0.3, -0.25) is 4.79 Å². The SMILES string of the molecule is CCc1cc(C(=O)NCC#N)n(C(=O)O)c1. The van der Waals surface area contributed by atoms with Gasteiger partial charge in [-0.25, -0.2) is 9.36 Å². The van der Waals surface area contributed by atoms with E-state index in [0.717, 1.165) is 10.1 Å². The van der Waals surface area contributed by atoms with Crippen LogP contribution in [0, 0.1) is 11.3 Å². The van der Waals surface area contributed by atoms with E-state index in [4.69, 9.17) is 10.4 Å². The van der Waals surface area contributed by atoms with Gasteiger partial charge in [-0.2, -0.15) is 5.26 Å². The maximum atomic E-state index is 11.5. The molecule has 1 heterocycles. The lowest BCUT2D eigenvalue weighted by molar-refractivity contribution is 0.0947. The molecular formula is C10H11N3O3. The van der Waals surface area contributed by atoms with Crippen LogP contribution >= 0.6 is 0 Å². The molecule has 0 bridgehead atoms. The number of nitrogens with one attached hydrogen (secondary N) is 1. The van der Waals surface area contributed by atoms with Crippen molar-refractivity contribution in [2.45, 2.75) is 13.3 Å². The molecule has 2 N–H and O–H groups in total. The number of carbonyl (C=O) groups is 2. The molecule has 0 unspecified atom stereocenters. The second kappa shape index (κ2) is 4.98. The summed E-state index contributed by atoms with van der Waals surface area (Å²) in [5.74, 6) is -0.566. The summed E-state index contributed by atoms with van der Waals surface area (Å²) in [5, 5.41) is 19.5. The predicted octanol–water partition coefficient (Wildman–Crippen LogP) is 0.830. The van der Waals surface area contributed by atoms with Crippen LogP contribution in [0.2, 0.25) is 0 Å². The van der Waals surface area contributed by atoms with E-state index in [1.807, 2.05) is 6.92 Å². The Hall–Kier alpha value is -2.29. The van der Waals surface area contributed by atoms with Crippen LogP contribution in [0.4, 0.5) is 4.79 Å². The van der Waals surface area contributed by atoms with Gasteiger partial charge >= 0.3 is 6.09 Å². The summed E-state index contributed by atoms with van der Waals surface area (Å²) in [6, 6.07) is 3.25. The second-order valence-electron chi connectivity index (χ2n) is 3.08. The third kappa shape index (κ3) is 2.39. The van der Waals surface area contributed by atoms with Crippen LogP contribution in [-0.4, -0.2) is 28.2 Å². The van der Waals surface area contributed by atoms with E-state index in [2.05, 4.69) is 5.32 Å². The van der Waals surface area contributed by atoms with Crippen molar-refractivity contribution >= 4 is 12.0 Å². The van der Waals surface area contributed by atoms with E-state index < -0.39 is 12.0 Å². The lowest BCUT2D eigenvalue weighted by Gasteiger charge is -2.02. The molecule has 1 amide bonds. The molecule has 0 radical (unpaired) electrons. The van der Waals surface area contributed by atoms with Crippen molar-refractivity contribution in [3.63, 3.8) is 0 Å². The third-order valence-corrected chi connectivity index (χ3v) is 2.05. The summed E-state index contributed by atoms with van der Waals surface area (Å²) < 4.78 is 0.853. The Morgan fingerprint density at radius 2 is 2.31 bits per heavy atom. The summed E-state index contributed by atoms with van der Waals surface area (Å²) in [6.45, 7) is 1.71. The fourth-order valence-corrected chi connectivity index (χ4v) is 1.25. The van der Waals surface area contributed by atoms with Gasteiger partial charge in [0.25, 0.3) is 5.91 Å². The predicted molar refractivity (Wildman–Crippen MR) is 55.2 cm³/mol. The quantitative estimate of drug-likeness (QED) is 0.739. The Labute approximate surface area is 92.1 Å². The maximum Gasteiger partial charge on any atom is 0.416 e. The minimum Gasteiger partial charge on any atom is -0.464 e. The Morgan fingerprint density at radius 3 is 2.81 bits per heavy atom. The van der Waals surface area contributed by atoms with Crippen LogP contribution in [0.25, 0.3) is 0 Å². The van der Waals surface area contributed by atoms with Gasteiger partial charge in [-0.05, 0) is 18.1 Å².